The highest BCUT2D eigenvalue weighted by molar-refractivity contribution is 5.85. The summed E-state index contributed by atoms with van der Waals surface area (Å²) < 4.78 is 1.67. The lowest BCUT2D eigenvalue weighted by Gasteiger charge is -2.09. The molecule has 0 amide bonds. The second kappa shape index (κ2) is 6.26. The summed E-state index contributed by atoms with van der Waals surface area (Å²) in [6.07, 6.45) is 3.18. The van der Waals surface area contributed by atoms with E-state index in [4.69, 9.17) is 0 Å². The van der Waals surface area contributed by atoms with E-state index in [0.717, 1.165) is 11.0 Å². The van der Waals surface area contributed by atoms with Crippen molar-refractivity contribution in [2.24, 2.45) is 7.05 Å². The van der Waals surface area contributed by atoms with Crippen molar-refractivity contribution in [3.63, 3.8) is 0 Å². The van der Waals surface area contributed by atoms with Crippen molar-refractivity contribution < 1.29 is 4.92 Å². The summed E-state index contributed by atoms with van der Waals surface area (Å²) in [5.74, 6) is 0.687. The second-order valence-electron chi connectivity index (χ2n) is 4.86. The predicted molar refractivity (Wildman–Crippen MR) is 86.4 cm³/mol. The summed E-state index contributed by atoms with van der Waals surface area (Å²) in [4.78, 5) is 18.9. The van der Waals surface area contributed by atoms with E-state index in [0.29, 0.717) is 24.6 Å². The molecule has 2 heterocycles. The van der Waals surface area contributed by atoms with Crippen LogP contribution in [0.2, 0.25) is 0 Å². The van der Waals surface area contributed by atoms with E-state index in [-0.39, 0.29) is 5.69 Å². The molecular formula is C14H15N7O2. The van der Waals surface area contributed by atoms with E-state index >= 15 is 0 Å². The maximum atomic E-state index is 10.9. The number of nitrogens with one attached hydrogen (secondary N) is 2. The molecule has 3 aromatic rings. The van der Waals surface area contributed by atoms with Crippen LogP contribution >= 0.6 is 0 Å². The fraction of sp³-hybridized carbons (Fsp3) is 0.214. The first-order valence-corrected chi connectivity index (χ1v) is 7.00. The summed E-state index contributed by atoms with van der Waals surface area (Å²) in [5.41, 5.74) is 1.30. The van der Waals surface area contributed by atoms with Crippen molar-refractivity contribution in [1.82, 2.24) is 19.7 Å². The van der Waals surface area contributed by atoms with Gasteiger partial charge in [0.15, 0.2) is 5.65 Å². The number of aryl methyl sites for hydroxylation is 1. The molecule has 0 bridgehead atoms. The SMILES string of the molecule is Cn1ncc2c(NCCNc3ccccc3[N+](=O)[O-])ncnc21. The van der Waals surface area contributed by atoms with Crippen LogP contribution in [0.3, 0.4) is 0 Å². The Balaban J connectivity index is 1.63. The molecule has 1 aromatic carbocycles. The fourth-order valence-electron chi connectivity index (χ4n) is 2.26. The molecule has 0 saturated carbocycles. The van der Waals surface area contributed by atoms with E-state index in [9.17, 15) is 10.1 Å². The Morgan fingerprint density at radius 3 is 2.83 bits per heavy atom. The third-order valence-corrected chi connectivity index (χ3v) is 3.36. The predicted octanol–water partition coefficient (Wildman–Crippen LogP) is 1.80. The van der Waals surface area contributed by atoms with E-state index in [1.165, 1.54) is 12.4 Å². The molecule has 0 saturated heterocycles. The molecule has 0 atom stereocenters. The summed E-state index contributed by atoms with van der Waals surface area (Å²) in [7, 11) is 1.81. The summed E-state index contributed by atoms with van der Waals surface area (Å²) in [5, 5.41) is 22.2. The molecule has 9 heteroatoms. The van der Waals surface area contributed by atoms with Gasteiger partial charge >= 0.3 is 0 Å². The topological polar surface area (TPSA) is 111 Å². The van der Waals surface area contributed by atoms with Gasteiger partial charge in [-0.1, -0.05) is 12.1 Å². The molecule has 0 aliphatic rings. The van der Waals surface area contributed by atoms with Gasteiger partial charge in [0.2, 0.25) is 0 Å². The first kappa shape index (κ1) is 14.7. The van der Waals surface area contributed by atoms with Crippen molar-refractivity contribution in [3.05, 3.63) is 46.9 Å². The van der Waals surface area contributed by atoms with Crippen LogP contribution in [0.1, 0.15) is 0 Å². The van der Waals surface area contributed by atoms with Gasteiger partial charge in [0, 0.05) is 26.2 Å². The first-order valence-electron chi connectivity index (χ1n) is 7.00. The van der Waals surface area contributed by atoms with Gasteiger partial charge in [-0.05, 0) is 6.07 Å². The van der Waals surface area contributed by atoms with Gasteiger partial charge < -0.3 is 10.6 Å². The van der Waals surface area contributed by atoms with Crippen molar-refractivity contribution in [1.29, 1.82) is 0 Å². The zero-order chi connectivity index (χ0) is 16.2. The van der Waals surface area contributed by atoms with Crippen molar-refractivity contribution in [2.75, 3.05) is 23.7 Å². The fourth-order valence-corrected chi connectivity index (χ4v) is 2.26. The highest BCUT2D eigenvalue weighted by Gasteiger charge is 2.11. The van der Waals surface area contributed by atoms with Crippen LogP contribution < -0.4 is 10.6 Å². The van der Waals surface area contributed by atoms with Crippen LogP contribution in [0.5, 0.6) is 0 Å². The minimum absolute atomic E-state index is 0.0594. The van der Waals surface area contributed by atoms with Gasteiger partial charge in [-0.2, -0.15) is 5.10 Å². The van der Waals surface area contributed by atoms with Crippen LogP contribution in [-0.2, 0) is 7.05 Å². The van der Waals surface area contributed by atoms with Gasteiger partial charge in [0.25, 0.3) is 5.69 Å². The number of benzene rings is 1. The number of nitrogens with zero attached hydrogens (tertiary/aromatic N) is 5. The quantitative estimate of drug-likeness (QED) is 0.405. The maximum absolute atomic E-state index is 10.9. The van der Waals surface area contributed by atoms with Crippen LogP contribution in [0.15, 0.2) is 36.8 Å². The van der Waals surface area contributed by atoms with Gasteiger partial charge in [0.05, 0.1) is 16.5 Å². The zero-order valence-electron chi connectivity index (χ0n) is 12.4. The molecule has 2 N–H and O–H groups in total. The second-order valence-corrected chi connectivity index (χ2v) is 4.86. The molecular weight excluding hydrogens is 298 g/mol. The third kappa shape index (κ3) is 3.03. The number of aromatic nitrogens is 4. The van der Waals surface area contributed by atoms with Crippen LogP contribution in [0.25, 0.3) is 11.0 Å². The molecule has 0 radical (unpaired) electrons. The summed E-state index contributed by atoms with van der Waals surface area (Å²) in [6.45, 7) is 1.06. The summed E-state index contributed by atoms with van der Waals surface area (Å²) >= 11 is 0. The number of fused-ring (bicyclic) bond motifs is 1. The minimum atomic E-state index is -0.403. The number of anilines is 2. The van der Waals surface area contributed by atoms with Gasteiger partial charge in [0.1, 0.15) is 17.8 Å². The normalized spacial score (nSPS) is 10.7. The number of para-hydroxylation sites is 2. The van der Waals surface area contributed by atoms with E-state index in [1.54, 1.807) is 29.1 Å². The maximum Gasteiger partial charge on any atom is 0.292 e. The van der Waals surface area contributed by atoms with Gasteiger partial charge in [-0.25, -0.2) is 9.97 Å². The largest absolute Gasteiger partial charge is 0.378 e. The molecule has 118 valence electrons. The van der Waals surface area contributed by atoms with Crippen LogP contribution in [-0.4, -0.2) is 37.8 Å². The standard InChI is InChI=1S/C14H15N7O2/c1-20-14-10(8-19-20)13(17-9-18-14)16-7-6-15-11-4-2-3-5-12(11)21(22)23/h2-5,8-9,15H,6-7H2,1H3,(H,16,17,18). The number of hydrogen-bond acceptors (Lipinski definition) is 7. The van der Waals surface area contributed by atoms with Crippen LogP contribution in [0.4, 0.5) is 17.2 Å². The van der Waals surface area contributed by atoms with E-state index in [1.807, 2.05) is 7.05 Å². The smallest absolute Gasteiger partial charge is 0.292 e. The Morgan fingerprint density at radius 2 is 2.00 bits per heavy atom. The zero-order valence-corrected chi connectivity index (χ0v) is 12.4. The molecule has 3 rings (SSSR count). The molecule has 23 heavy (non-hydrogen) atoms. The highest BCUT2D eigenvalue weighted by Crippen LogP contribution is 2.23. The number of nitro groups is 1. The minimum Gasteiger partial charge on any atom is -0.378 e. The first-order chi connectivity index (χ1) is 11.2. The molecule has 0 spiro atoms. The Hall–Kier alpha value is -3.23. The lowest BCUT2D eigenvalue weighted by Crippen LogP contribution is -2.15. The molecule has 9 nitrogen and oxygen atoms in total. The lowest BCUT2D eigenvalue weighted by molar-refractivity contribution is -0.384. The Labute approximate surface area is 131 Å². The molecule has 0 aliphatic heterocycles. The Morgan fingerprint density at radius 1 is 1.22 bits per heavy atom. The van der Waals surface area contributed by atoms with Gasteiger partial charge in [-0.3, -0.25) is 14.8 Å². The molecule has 0 unspecified atom stereocenters. The van der Waals surface area contributed by atoms with E-state index in [2.05, 4.69) is 25.7 Å². The third-order valence-electron chi connectivity index (χ3n) is 3.36. The lowest BCUT2D eigenvalue weighted by atomic mass is 10.2. The number of rotatable bonds is 6. The van der Waals surface area contributed by atoms with Gasteiger partial charge in [-0.15, -0.1) is 0 Å². The molecule has 2 aromatic heterocycles. The number of nitro benzene ring substituents is 1. The van der Waals surface area contributed by atoms with E-state index < -0.39 is 4.92 Å². The van der Waals surface area contributed by atoms with Crippen LogP contribution in [0, 0.1) is 10.1 Å². The summed E-state index contributed by atoms with van der Waals surface area (Å²) in [6, 6.07) is 6.55. The average molecular weight is 313 g/mol. The molecule has 0 fully saturated rings. The molecule has 0 aliphatic carbocycles. The Bertz CT molecular complexity index is 846. The monoisotopic (exact) mass is 313 g/mol. The average Bonchev–Trinajstić information content (AvgIpc) is 2.94. The highest BCUT2D eigenvalue weighted by atomic mass is 16.6. The van der Waals surface area contributed by atoms with Crippen molar-refractivity contribution in [3.8, 4) is 0 Å². The van der Waals surface area contributed by atoms with Crippen molar-refractivity contribution in [2.45, 2.75) is 0 Å². The Kier molecular flexibility index (Phi) is 4.00. The number of hydrogen-bond donors (Lipinski definition) is 2. The van der Waals surface area contributed by atoms with Crippen molar-refractivity contribution >= 4 is 28.2 Å².